The number of rotatable bonds is 5. The molecule has 0 radical (unpaired) electrons. The van der Waals surface area contributed by atoms with Crippen LogP contribution in [0.5, 0.6) is 5.75 Å². The summed E-state index contributed by atoms with van der Waals surface area (Å²) in [5.74, 6) is 1.74. The maximum atomic E-state index is 6.06. The molecular formula is C18H29NO2. The Morgan fingerprint density at radius 1 is 1.24 bits per heavy atom. The van der Waals surface area contributed by atoms with Crippen LogP contribution in [0.3, 0.4) is 0 Å². The van der Waals surface area contributed by atoms with E-state index in [9.17, 15) is 0 Å². The zero-order valence-electron chi connectivity index (χ0n) is 14.0. The van der Waals surface area contributed by atoms with Crippen LogP contribution in [0.4, 0.5) is 0 Å². The third-order valence-corrected chi connectivity index (χ3v) is 5.04. The molecule has 1 N–H and O–H groups in total. The first-order valence-corrected chi connectivity index (χ1v) is 7.93. The Balaban J connectivity index is 2.40. The molecule has 0 saturated heterocycles. The Hall–Kier alpha value is -1.06. The zero-order chi connectivity index (χ0) is 15.5. The molecule has 2 rings (SSSR count). The summed E-state index contributed by atoms with van der Waals surface area (Å²) in [4.78, 5) is 0. The van der Waals surface area contributed by atoms with Crippen molar-refractivity contribution in [2.24, 2.45) is 5.92 Å². The molecule has 21 heavy (non-hydrogen) atoms. The van der Waals surface area contributed by atoms with E-state index in [4.69, 9.17) is 9.47 Å². The first-order valence-electron chi connectivity index (χ1n) is 7.93. The summed E-state index contributed by atoms with van der Waals surface area (Å²) in [5.41, 5.74) is 2.32. The van der Waals surface area contributed by atoms with Crippen LogP contribution in [0.1, 0.15) is 49.8 Å². The Morgan fingerprint density at radius 3 is 2.43 bits per heavy atom. The SMILES string of the molecule is CNC(c1cc(C)ccc1OC)C1(OC)CCC(C)CC1. The van der Waals surface area contributed by atoms with Gasteiger partial charge in [0.15, 0.2) is 0 Å². The van der Waals surface area contributed by atoms with E-state index in [0.29, 0.717) is 0 Å². The molecule has 1 aliphatic rings. The summed E-state index contributed by atoms with van der Waals surface area (Å²) < 4.78 is 11.6. The van der Waals surface area contributed by atoms with Gasteiger partial charge in [0.1, 0.15) is 5.75 Å². The highest BCUT2D eigenvalue weighted by atomic mass is 16.5. The molecule has 1 aromatic carbocycles. The highest BCUT2D eigenvalue weighted by Gasteiger charge is 2.42. The Bertz CT molecular complexity index is 464. The molecule has 1 atom stereocenters. The van der Waals surface area contributed by atoms with Gasteiger partial charge < -0.3 is 14.8 Å². The fraction of sp³-hybridized carbons (Fsp3) is 0.667. The van der Waals surface area contributed by atoms with E-state index >= 15 is 0 Å². The van der Waals surface area contributed by atoms with Gasteiger partial charge in [-0.25, -0.2) is 0 Å². The van der Waals surface area contributed by atoms with Crippen molar-refractivity contribution in [1.82, 2.24) is 5.32 Å². The molecule has 3 heteroatoms. The second-order valence-electron chi connectivity index (χ2n) is 6.42. The van der Waals surface area contributed by atoms with E-state index in [2.05, 4.69) is 37.4 Å². The van der Waals surface area contributed by atoms with Crippen molar-refractivity contribution in [2.45, 2.75) is 51.2 Å². The maximum absolute atomic E-state index is 6.06. The summed E-state index contributed by atoms with van der Waals surface area (Å²) in [5, 5.41) is 3.49. The summed E-state index contributed by atoms with van der Waals surface area (Å²) in [6.45, 7) is 4.46. The Labute approximate surface area is 129 Å². The van der Waals surface area contributed by atoms with Crippen LogP contribution in [0.25, 0.3) is 0 Å². The topological polar surface area (TPSA) is 30.5 Å². The lowest BCUT2D eigenvalue weighted by atomic mass is 9.73. The van der Waals surface area contributed by atoms with Gasteiger partial charge in [-0.05, 0) is 51.6 Å². The van der Waals surface area contributed by atoms with Crippen LogP contribution in [0.2, 0.25) is 0 Å². The van der Waals surface area contributed by atoms with Gasteiger partial charge in [0.05, 0.1) is 18.8 Å². The van der Waals surface area contributed by atoms with Gasteiger partial charge in [-0.1, -0.05) is 24.6 Å². The molecule has 0 heterocycles. The molecule has 1 unspecified atom stereocenters. The summed E-state index contributed by atoms with van der Waals surface area (Å²) in [6, 6.07) is 6.53. The minimum atomic E-state index is -0.137. The smallest absolute Gasteiger partial charge is 0.123 e. The van der Waals surface area contributed by atoms with E-state index in [-0.39, 0.29) is 11.6 Å². The summed E-state index contributed by atoms with van der Waals surface area (Å²) in [6.07, 6.45) is 4.63. The average molecular weight is 291 g/mol. The van der Waals surface area contributed by atoms with Crippen molar-refractivity contribution in [1.29, 1.82) is 0 Å². The van der Waals surface area contributed by atoms with E-state index in [0.717, 1.165) is 24.5 Å². The van der Waals surface area contributed by atoms with E-state index in [1.54, 1.807) is 7.11 Å². The molecule has 1 aromatic rings. The van der Waals surface area contributed by atoms with Gasteiger partial charge in [-0.15, -0.1) is 0 Å². The second kappa shape index (κ2) is 6.80. The van der Waals surface area contributed by atoms with Crippen LogP contribution < -0.4 is 10.1 Å². The van der Waals surface area contributed by atoms with Gasteiger partial charge in [-0.3, -0.25) is 0 Å². The fourth-order valence-corrected chi connectivity index (χ4v) is 3.64. The lowest BCUT2D eigenvalue weighted by Gasteiger charge is -2.44. The predicted octanol–water partition coefficient (Wildman–Crippen LogP) is 3.86. The van der Waals surface area contributed by atoms with Gasteiger partial charge >= 0.3 is 0 Å². The molecule has 0 bridgehead atoms. The van der Waals surface area contributed by atoms with Gasteiger partial charge in [0.2, 0.25) is 0 Å². The van der Waals surface area contributed by atoms with Gasteiger partial charge in [-0.2, -0.15) is 0 Å². The van der Waals surface area contributed by atoms with Crippen LogP contribution in [-0.2, 0) is 4.74 Å². The van der Waals surface area contributed by atoms with Crippen LogP contribution >= 0.6 is 0 Å². The van der Waals surface area contributed by atoms with Crippen molar-refractivity contribution < 1.29 is 9.47 Å². The normalized spacial score (nSPS) is 27.4. The molecule has 0 amide bonds. The van der Waals surface area contributed by atoms with Crippen molar-refractivity contribution >= 4 is 0 Å². The van der Waals surface area contributed by atoms with Crippen molar-refractivity contribution in [3.63, 3.8) is 0 Å². The molecule has 1 aliphatic carbocycles. The average Bonchev–Trinajstić information content (AvgIpc) is 2.50. The number of benzene rings is 1. The van der Waals surface area contributed by atoms with Gasteiger partial charge in [0, 0.05) is 12.7 Å². The number of aryl methyl sites for hydroxylation is 1. The molecule has 3 nitrogen and oxygen atoms in total. The molecule has 0 spiro atoms. The summed E-state index contributed by atoms with van der Waals surface area (Å²) >= 11 is 0. The number of methoxy groups -OCH3 is 2. The van der Waals surface area contributed by atoms with Crippen molar-refractivity contribution in [3.05, 3.63) is 29.3 Å². The molecule has 118 valence electrons. The molecule has 0 aromatic heterocycles. The molecule has 1 saturated carbocycles. The van der Waals surface area contributed by atoms with Crippen LogP contribution in [-0.4, -0.2) is 26.9 Å². The first kappa shape index (κ1) is 16.3. The number of hydrogen-bond donors (Lipinski definition) is 1. The van der Waals surface area contributed by atoms with Gasteiger partial charge in [0.25, 0.3) is 0 Å². The van der Waals surface area contributed by atoms with Crippen molar-refractivity contribution in [3.8, 4) is 5.75 Å². The molecule has 0 aliphatic heterocycles. The standard InChI is InChI=1S/C18H29NO2/c1-13-8-10-18(21-5,11-9-13)17(19-3)15-12-14(2)6-7-16(15)20-4/h6-7,12-13,17,19H,8-11H2,1-5H3. The highest BCUT2D eigenvalue weighted by molar-refractivity contribution is 5.40. The van der Waals surface area contributed by atoms with E-state index in [1.807, 2.05) is 14.2 Å². The number of ether oxygens (including phenoxy) is 2. The largest absolute Gasteiger partial charge is 0.496 e. The number of likely N-dealkylation sites (N-methyl/N-ethyl adjacent to an activating group) is 1. The Kier molecular flexibility index (Phi) is 5.28. The van der Waals surface area contributed by atoms with E-state index < -0.39 is 0 Å². The zero-order valence-corrected chi connectivity index (χ0v) is 14.0. The monoisotopic (exact) mass is 291 g/mol. The number of hydrogen-bond acceptors (Lipinski definition) is 3. The first-order chi connectivity index (χ1) is 10.1. The quantitative estimate of drug-likeness (QED) is 0.893. The minimum Gasteiger partial charge on any atom is -0.496 e. The predicted molar refractivity (Wildman–Crippen MR) is 86.9 cm³/mol. The van der Waals surface area contributed by atoms with Crippen molar-refractivity contribution in [2.75, 3.05) is 21.3 Å². The number of nitrogens with one attached hydrogen (secondary N) is 1. The fourth-order valence-electron chi connectivity index (χ4n) is 3.64. The van der Waals surface area contributed by atoms with Crippen LogP contribution in [0, 0.1) is 12.8 Å². The molecular weight excluding hydrogens is 262 g/mol. The maximum Gasteiger partial charge on any atom is 0.123 e. The van der Waals surface area contributed by atoms with Crippen LogP contribution in [0.15, 0.2) is 18.2 Å². The second-order valence-corrected chi connectivity index (χ2v) is 6.42. The molecule has 1 fully saturated rings. The third-order valence-electron chi connectivity index (χ3n) is 5.04. The minimum absolute atomic E-state index is 0.137. The Morgan fingerprint density at radius 2 is 1.90 bits per heavy atom. The lowest BCUT2D eigenvalue weighted by molar-refractivity contribution is -0.0749. The van der Waals surface area contributed by atoms with E-state index in [1.165, 1.54) is 24.0 Å². The highest BCUT2D eigenvalue weighted by Crippen LogP contribution is 2.44. The third kappa shape index (κ3) is 3.24. The lowest BCUT2D eigenvalue weighted by Crippen LogP contribution is -2.47. The summed E-state index contributed by atoms with van der Waals surface area (Å²) in [7, 11) is 5.61.